The van der Waals surface area contributed by atoms with Crippen LogP contribution in [0.25, 0.3) is 5.57 Å². The summed E-state index contributed by atoms with van der Waals surface area (Å²) in [6.07, 6.45) is 11.2. The lowest BCUT2D eigenvalue weighted by Gasteiger charge is -2.47. The normalized spacial score (nSPS) is 24.7. The molecule has 0 radical (unpaired) electrons. The van der Waals surface area contributed by atoms with E-state index in [0.29, 0.717) is 99.8 Å². The highest BCUT2D eigenvalue weighted by Gasteiger charge is 2.43. The average Bonchev–Trinajstić information content (AvgIpc) is 3.83. The molecule has 364 valence electrons. The second kappa shape index (κ2) is 20.7. The number of aromatic nitrogens is 2. The van der Waals surface area contributed by atoms with Gasteiger partial charge in [0.15, 0.2) is 18.2 Å². The number of nitrogens with two attached hydrogens (primary N) is 1. The summed E-state index contributed by atoms with van der Waals surface area (Å²) in [6.45, 7) is 7.21. The van der Waals surface area contributed by atoms with Crippen molar-refractivity contribution in [1.82, 2.24) is 30.0 Å². The van der Waals surface area contributed by atoms with Crippen molar-refractivity contribution >= 4 is 46.2 Å². The van der Waals surface area contributed by atoms with Crippen LogP contribution in [0.4, 0.5) is 31.7 Å². The minimum Gasteiger partial charge on any atom is -0.633 e. The van der Waals surface area contributed by atoms with Gasteiger partial charge in [-0.3, -0.25) is 24.4 Å². The van der Waals surface area contributed by atoms with Crippen LogP contribution >= 0.6 is 0 Å². The van der Waals surface area contributed by atoms with E-state index >= 15 is 0 Å². The van der Waals surface area contributed by atoms with E-state index in [4.69, 9.17) is 10.8 Å². The van der Waals surface area contributed by atoms with Gasteiger partial charge >= 0.3 is 0 Å². The second-order valence-corrected chi connectivity index (χ2v) is 19.7. The van der Waals surface area contributed by atoms with Gasteiger partial charge in [0.2, 0.25) is 17.7 Å². The van der Waals surface area contributed by atoms with Crippen molar-refractivity contribution in [2.75, 3.05) is 62.8 Å². The Bertz CT molecular complexity index is 2310. The van der Waals surface area contributed by atoms with E-state index in [2.05, 4.69) is 20.2 Å². The van der Waals surface area contributed by atoms with Crippen LogP contribution in [-0.2, 0) is 33.8 Å². The van der Waals surface area contributed by atoms with Gasteiger partial charge in [0.05, 0.1) is 38.8 Å². The number of aryl methyl sites for hydroxylation is 1. The molecule has 3 amide bonds. The Kier molecular flexibility index (Phi) is 15.0. The SMILES string of the molecule is CNC=C(c1cc2c(cc1C(F)F)N(c1nn(C3CC[N+]([O-])(CCCCCCCCCC[N+]4([O-])CN(C5CCC(=O)NC5=O)c5ccccc54)CC3)c3c1CN(C(C)=O)CC3)CCC2)C(C)N. The monoisotopic (exact) mass is 929 g/mol. The van der Waals surface area contributed by atoms with Crippen LogP contribution in [0.2, 0.25) is 0 Å². The smallest absolute Gasteiger partial charge is 0.264 e. The highest BCUT2D eigenvalue weighted by atomic mass is 19.3. The number of likely N-dealkylation sites (tertiary alicyclic amines) is 1. The third-order valence-corrected chi connectivity index (χ3v) is 15.0. The zero-order chi connectivity index (χ0) is 47.5. The number of para-hydroxylation sites is 2. The number of quaternary nitrogens is 2. The standard InChI is InChI=1S/C50H70F2N10O5/c1-34(53)40(31-54-3)38-29-36-15-14-23-58(45(36)30-39(38)48(51)52)49-41-32-57(35(2)63)24-20-42(41)60(56-49)37-21-27-61(66,28-22-37)25-12-8-6-4-5-7-9-13-26-62(67)33-59(43-16-10-11-17-46(43)62)44-18-19-47(64)55-50(44)65/h10-11,16-17,29-31,34,37,44,48,54H,4-9,12-15,18-28,32-33,53H2,1-3H3,(H,55,64,65). The third kappa shape index (κ3) is 10.4. The fraction of sp³-hybridized carbons (Fsp3) is 0.600. The largest absolute Gasteiger partial charge is 0.633 e. The Morgan fingerprint density at radius 1 is 0.955 bits per heavy atom. The summed E-state index contributed by atoms with van der Waals surface area (Å²) in [7, 11) is 1.73. The summed E-state index contributed by atoms with van der Waals surface area (Å²) in [5.41, 5.74) is 12.5. The van der Waals surface area contributed by atoms with Crippen molar-refractivity contribution in [3.8, 4) is 0 Å². The van der Waals surface area contributed by atoms with Crippen LogP contribution in [0.1, 0.15) is 138 Å². The number of carbonyl (C=O) groups excluding carboxylic acids is 3. The first-order valence-corrected chi connectivity index (χ1v) is 24.8. The van der Waals surface area contributed by atoms with Crippen LogP contribution in [0.5, 0.6) is 0 Å². The molecule has 0 saturated carbocycles. The zero-order valence-corrected chi connectivity index (χ0v) is 39.6. The molecule has 3 aromatic rings. The predicted molar refractivity (Wildman–Crippen MR) is 258 cm³/mol. The number of amides is 3. The summed E-state index contributed by atoms with van der Waals surface area (Å²) >= 11 is 0. The number of piperidine rings is 2. The van der Waals surface area contributed by atoms with Gasteiger partial charge in [-0.15, -0.1) is 0 Å². The highest BCUT2D eigenvalue weighted by molar-refractivity contribution is 6.02. The molecule has 0 bridgehead atoms. The Hall–Kier alpha value is -4.94. The van der Waals surface area contributed by atoms with Gasteiger partial charge in [-0.1, -0.05) is 37.8 Å². The number of hydrogen-bond donors (Lipinski definition) is 3. The van der Waals surface area contributed by atoms with Gasteiger partial charge in [-0.2, -0.15) is 5.10 Å². The van der Waals surface area contributed by atoms with Crippen molar-refractivity contribution in [3.05, 3.63) is 81.0 Å². The van der Waals surface area contributed by atoms with Crippen molar-refractivity contribution in [2.45, 2.75) is 141 Å². The highest BCUT2D eigenvalue weighted by Crippen LogP contribution is 2.45. The molecule has 5 aliphatic rings. The molecule has 15 nitrogen and oxygen atoms in total. The molecule has 17 heteroatoms. The van der Waals surface area contributed by atoms with Crippen molar-refractivity contribution < 1.29 is 27.8 Å². The molecule has 2 fully saturated rings. The van der Waals surface area contributed by atoms with Crippen LogP contribution in [0.15, 0.2) is 42.6 Å². The summed E-state index contributed by atoms with van der Waals surface area (Å²) in [5.74, 6) is 0.107. The summed E-state index contributed by atoms with van der Waals surface area (Å²) < 4.78 is 31.1. The van der Waals surface area contributed by atoms with E-state index in [-0.39, 0.29) is 47.1 Å². The number of fused-ring (bicyclic) bond motifs is 3. The number of rotatable bonds is 18. The number of benzene rings is 2. The average molecular weight is 929 g/mol. The number of hydrogen-bond acceptors (Lipinski definition) is 10. The van der Waals surface area contributed by atoms with Gasteiger partial charge in [0.25, 0.3) is 6.43 Å². The molecule has 0 spiro atoms. The number of unbranched alkanes of at least 4 members (excludes halogenated alkanes) is 7. The number of halogens is 2. The number of carbonyl (C=O) groups is 3. The maximum absolute atomic E-state index is 14.8. The predicted octanol–water partition coefficient (Wildman–Crippen LogP) is 7.58. The summed E-state index contributed by atoms with van der Waals surface area (Å²) in [5, 5.41) is 38.8. The minimum atomic E-state index is -2.71. The van der Waals surface area contributed by atoms with E-state index in [1.807, 2.05) is 40.1 Å². The number of hydroxylamine groups is 5. The fourth-order valence-corrected chi connectivity index (χ4v) is 11.3. The Labute approximate surface area is 393 Å². The minimum absolute atomic E-state index is 0.0131. The van der Waals surface area contributed by atoms with Gasteiger partial charge in [0, 0.05) is 93.6 Å². The van der Waals surface area contributed by atoms with Gasteiger partial charge in [0.1, 0.15) is 11.7 Å². The first-order valence-electron chi connectivity index (χ1n) is 24.8. The summed E-state index contributed by atoms with van der Waals surface area (Å²) in [6, 6.07) is 10.1. The second-order valence-electron chi connectivity index (χ2n) is 19.7. The topological polar surface area (TPSA) is 175 Å². The fourth-order valence-electron chi connectivity index (χ4n) is 11.3. The molecule has 2 aromatic carbocycles. The molecule has 3 unspecified atom stereocenters. The molecule has 67 heavy (non-hydrogen) atoms. The first kappa shape index (κ1) is 48.5. The molecule has 2 saturated heterocycles. The maximum Gasteiger partial charge on any atom is 0.264 e. The number of anilines is 3. The molecule has 3 atom stereocenters. The Balaban J connectivity index is 0.824. The van der Waals surface area contributed by atoms with Crippen molar-refractivity contribution in [3.63, 3.8) is 0 Å². The van der Waals surface area contributed by atoms with Crippen LogP contribution in [-0.4, -0.2) is 102 Å². The van der Waals surface area contributed by atoms with Gasteiger partial charge in [-0.05, 0) is 86.8 Å². The van der Waals surface area contributed by atoms with E-state index in [0.717, 1.165) is 86.7 Å². The van der Waals surface area contributed by atoms with Crippen molar-refractivity contribution in [1.29, 1.82) is 0 Å². The van der Waals surface area contributed by atoms with Gasteiger partial charge in [-0.25, -0.2) is 8.78 Å². The molecule has 8 rings (SSSR count). The van der Waals surface area contributed by atoms with E-state index in [1.54, 1.807) is 33.2 Å². The van der Waals surface area contributed by atoms with Crippen molar-refractivity contribution in [2.24, 2.45) is 5.73 Å². The molecular formula is C50H70F2N10O5. The number of imide groups is 1. The van der Waals surface area contributed by atoms with Crippen LogP contribution in [0, 0.1) is 10.4 Å². The Morgan fingerprint density at radius 3 is 2.33 bits per heavy atom. The molecule has 5 aliphatic heterocycles. The van der Waals surface area contributed by atoms with Gasteiger partial charge < -0.3 is 45.5 Å². The van der Waals surface area contributed by atoms with E-state index in [1.165, 1.54) is 0 Å². The lowest BCUT2D eigenvalue weighted by atomic mass is 9.89. The number of alkyl halides is 2. The lowest BCUT2D eigenvalue weighted by molar-refractivity contribution is -0.886. The van der Waals surface area contributed by atoms with E-state index < -0.39 is 23.2 Å². The molecular weight excluding hydrogens is 859 g/mol. The number of nitrogens with one attached hydrogen (secondary N) is 2. The third-order valence-electron chi connectivity index (χ3n) is 15.0. The zero-order valence-electron chi connectivity index (χ0n) is 39.6. The molecule has 4 N–H and O–H groups in total. The number of nitrogens with zero attached hydrogens (tertiary/aromatic N) is 7. The first-order chi connectivity index (χ1) is 32.2. The van der Waals surface area contributed by atoms with Crippen LogP contribution < -0.4 is 30.8 Å². The molecule has 0 aliphatic carbocycles. The van der Waals surface area contributed by atoms with E-state index in [9.17, 15) is 33.6 Å². The quantitative estimate of drug-likeness (QED) is 0.0500. The Morgan fingerprint density at radius 2 is 1.66 bits per heavy atom. The molecule has 6 heterocycles. The molecule has 1 aromatic heterocycles. The van der Waals surface area contributed by atoms with Crippen LogP contribution in [0.3, 0.4) is 0 Å². The summed E-state index contributed by atoms with van der Waals surface area (Å²) in [4.78, 5) is 42.9. The lowest BCUT2D eigenvalue weighted by Crippen LogP contribution is -2.56. The maximum atomic E-state index is 14.8.